The highest BCUT2D eigenvalue weighted by atomic mass is 32.1. The average molecular weight is 130 g/mol. The van der Waals surface area contributed by atoms with E-state index in [9.17, 15) is 0 Å². The van der Waals surface area contributed by atoms with Gasteiger partial charge in [0.25, 0.3) is 0 Å². The third kappa shape index (κ3) is 1.01. The highest BCUT2D eigenvalue weighted by molar-refractivity contribution is 7.80. The van der Waals surface area contributed by atoms with E-state index in [-0.39, 0.29) is 5.25 Å². The number of thiol groups is 1. The SMILES string of the molecule is CC(S)c1conn1. The maximum atomic E-state index is 4.47. The number of aromatic nitrogens is 2. The topological polar surface area (TPSA) is 38.9 Å². The van der Waals surface area contributed by atoms with Gasteiger partial charge in [-0.25, -0.2) is 0 Å². The lowest BCUT2D eigenvalue weighted by Gasteiger charge is -1.90. The van der Waals surface area contributed by atoms with E-state index in [1.807, 2.05) is 6.92 Å². The summed E-state index contributed by atoms with van der Waals surface area (Å²) in [5, 5.41) is 7.00. The first kappa shape index (κ1) is 5.62. The zero-order valence-corrected chi connectivity index (χ0v) is 5.30. The predicted molar refractivity (Wildman–Crippen MR) is 31.7 cm³/mol. The van der Waals surface area contributed by atoms with Crippen LogP contribution in [0.25, 0.3) is 0 Å². The average Bonchev–Trinajstić information content (AvgIpc) is 2.12. The molecule has 1 heterocycles. The second kappa shape index (κ2) is 2.17. The molecule has 1 aromatic heterocycles. The van der Waals surface area contributed by atoms with E-state index in [1.54, 1.807) is 0 Å². The highest BCUT2D eigenvalue weighted by Gasteiger charge is 2.01. The molecule has 1 unspecified atom stereocenters. The van der Waals surface area contributed by atoms with Gasteiger partial charge >= 0.3 is 0 Å². The minimum Gasteiger partial charge on any atom is -0.345 e. The monoisotopic (exact) mass is 130 g/mol. The van der Waals surface area contributed by atoms with Gasteiger partial charge in [0, 0.05) is 10.5 Å². The van der Waals surface area contributed by atoms with Crippen LogP contribution in [0.15, 0.2) is 10.8 Å². The van der Waals surface area contributed by atoms with Crippen molar-refractivity contribution in [2.24, 2.45) is 0 Å². The Morgan fingerprint density at radius 2 is 2.62 bits per heavy atom. The van der Waals surface area contributed by atoms with Gasteiger partial charge in [0.05, 0.1) is 0 Å². The fourth-order valence-corrected chi connectivity index (χ4v) is 0.466. The Bertz CT molecular complexity index is 149. The van der Waals surface area contributed by atoms with E-state index >= 15 is 0 Å². The summed E-state index contributed by atoms with van der Waals surface area (Å²) in [6.07, 6.45) is 1.48. The Kier molecular flexibility index (Phi) is 1.53. The summed E-state index contributed by atoms with van der Waals surface area (Å²) in [5.41, 5.74) is 0.772. The van der Waals surface area contributed by atoms with Crippen molar-refractivity contribution in [3.8, 4) is 0 Å². The first-order valence-corrected chi connectivity index (χ1v) is 2.77. The molecule has 0 aliphatic heterocycles. The standard InChI is InChI=1S/C4H6N2OS/c1-3(8)4-2-7-6-5-4/h2-3,8H,1H3. The summed E-state index contributed by atoms with van der Waals surface area (Å²) >= 11 is 4.09. The summed E-state index contributed by atoms with van der Waals surface area (Å²) in [6.45, 7) is 1.91. The molecule has 0 saturated carbocycles. The number of nitrogens with zero attached hydrogens (tertiary/aromatic N) is 2. The quantitative estimate of drug-likeness (QED) is 0.578. The fourth-order valence-electron chi connectivity index (χ4n) is 0.354. The summed E-state index contributed by atoms with van der Waals surface area (Å²) in [7, 11) is 0. The van der Waals surface area contributed by atoms with Crippen molar-refractivity contribution in [1.82, 2.24) is 10.4 Å². The molecule has 0 radical (unpaired) electrons. The second-order valence-corrected chi connectivity index (χ2v) is 2.28. The molecule has 0 N–H and O–H groups in total. The minimum absolute atomic E-state index is 0.112. The van der Waals surface area contributed by atoms with Crippen molar-refractivity contribution >= 4 is 12.6 Å². The number of hydrogen-bond acceptors (Lipinski definition) is 4. The summed E-state index contributed by atoms with van der Waals surface area (Å²) in [6, 6.07) is 0. The molecule has 0 amide bonds. The van der Waals surface area contributed by atoms with Crippen LogP contribution >= 0.6 is 12.6 Å². The molecule has 0 spiro atoms. The largest absolute Gasteiger partial charge is 0.345 e. The Labute approximate surface area is 52.5 Å². The number of hydrogen-bond donors (Lipinski definition) is 1. The van der Waals surface area contributed by atoms with Gasteiger partial charge in [-0.2, -0.15) is 12.6 Å². The Morgan fingerprint density at radius 1 is 1.88 bits per heavy atom. The van der Waals surface area contributed by atoms with Gasteiger partial charge in [-0.3, -0.25) is 0 Å². The van der Waals surface area contributed by atoms with Crippen LogP contribution in [-0.2, 0) is 0 Å². The summed E-state index contributed by atoms with van der Waals surface area (Å²) in [5.74, 6) is 0. The molecule has 3 nitrogen and oxygen atoms in total. The van der Waals surface area contributed by atoms with Crippen molar-refractivity contribution in [2.75, 3.05) is 0 Å². The van der Waals surface area contributed by atoms with E-state index in [0.29, 0.717) is 0 Å². The van der Waals surface area contributed by atoms with Gasteiger partial charge in [-0.1, -0.05) is 0 Å². The van der Waals surface area contributed by atoms with Gasteiger partial charge in [-0.05, 0) is 6.92 Å². The first-order chi connectivity index (χ1) is 3.80. The van der Waals surface area contributed by atoms with Crippen molar-refractivity contribution < 1.29 is 4.52 Å². The van der Waals surface area contributed by atoms with Crippen LogP contribution < -0.4 is 0 Å². The Balaban J connectivity index is 2.77. The molecule has 0 saturated heterocycles. The van der Waals surface area contributed by atoms with Crippen molar-refractivity contribution in [1.29, 1.82) is 0 Å². The zero-order valence-electron chi connectivity index (χ0n) is 4.40. The predicted octanol–water partition coefficient (Wildman–Crippen LogP) is 1.06. The molecule has 1 rings (SSSR count). The molecule has 4 heteroatoms. The minimum atomic E-state index is 0.112. The fraction of sp³-hybridized carbons (Fsp3) is 0.500. The summed E-state index contributed by atoms with van der Waals surface area (Å²) in [4.78, 5) is 0. The maximum Gasteiger partial charge on any atom is 0.148 e. The lowest BCUT2D eigenvalue weighted by Crippen LogP contribution is -1.82. The highest BCUT2D eigenvalue weighted by Crippen LogP contribution is 2.13. The third-order valence-electron chi connectivity index (χ3n) is 0.805. The second-order valence-electron chi connectivity index (χ2n) is 1.51. The molecular weight excluding hydrogens is 124 g/mol. The van der Waals surface area contributed by atoms with Crippen molar-refractivity contribution in [3.63, 3.8) is 0 Å². The van der Waals surface area contributed by atoms with Crippen LogP contribution in [0, 0.1) is 0 Å². The van der Waals surface area contributed by atoms with Crippen molar-refractivity contribution in [2.45, 2.75) is 12.2 Å². The van der Waals surface area contributed by atoms with Crippen LogP contribution in [0.5, 0.6) is 0 Å². The molecule has 8 heavy (non-hydrogen) atoms. The third-order valence-corrected chi connectivity index (χ3v) is 1.07. The Morgan fingerprint density at radius 3 is 2.88 bits per heavy atom. The molecule has 0 aliphatic rings. The molecule has 1 aromatic rings. The van der Waals surface area contributed by atoms with Gasteiger partial charge in [0.1, 0.15) is 12.0 Å². The zero-order chi connectivity index (χ0) is 5.98. The van der Waals surface area contributed by atoms with Gasteiger partial charge in [0.15, 0.2) is 0 Å². The Hall–Kier alpha value is -0.510. The maximum absolute atomic E-state index is 4.47. The number of rotatable bonds is 1. The van der Waals surface area contributed by atoms with Crippen LogP contribution in [0.2, 0.25) is 0 Å². The van der Waals surface area contributed by atoms with E-state index in [0.717, 1.165) is 5.69 Å². The summed E-state index contributed by atoms with van der Waals surface area (Å²) < 4.78 is 4.47. The molecule has 0 aliphatic carbocycles. The van der Waals surface area contributed by atoms with Crippen LogP contribution in [-0.4, -0.2) is 10.4 Å². The molecule has 0 aromatic carbocycles. The van der Waals surface area contributed by atoms with Gasteiger partial charge in [-0.15, -0.1) is 5.10 Å². The molecular formula is C4H6N2OS. The molecule has 0 bridgehead atoms. The van der Waals surface area contributed by atoms with Gasteiger partial charge < -0.3 is 4.52 Å². The molecule has 44 valence electrons. The lowest BCUT2D eigenvalue weighted by atomic mass is 10.4. The van der Waals surface area contributed by atoms with E-state index < -0.39 is 0 Å². The van der Waals surface area contributed by atoms with Crippen LogP contribution in [0.3, 0.4) is 0 Å². The van der Waals surface area contributed by atoms with Crippen LogP contribution in [0.1, 0.15) is 17.9 Å². The van der Waals surface area contributed by atoms with E-state index in [1.165, 1.54) is 6.26 Å². The van der Waals surface area contributed by atoms with E-state index in [4.69, 9.17) is 0 Å². The van der Waals surface area contributed by atoms with Crippen LogP contribution in [0.4, 0.5) is 0 Å². The molecule has 0 fully saturated rings. The van der Waals surface area contributed by atoms with Gasteiger partial charge in [0.2, 0.25) is 0 Å². The first-order valence-electron chi connectivity index (χ1n) is 2.25. The normalized spacial score (nSPS) is 13.8. The lowest BCUT2D eigenvalue weighted by molar-refractivity contribution is 0.392. The molecule has 1 atom stereocenters. The smallest absolute Gasteiger partial charge is 0.148 e. The van der Waals surface area contributed by atoms with Crippen molar-refractivity contribution in [3.05, 3.63) is 12.0 Å². The van der Waals surface area contributed by atoms with E-state index in [2.05, 4.69) is 27.5 Å².